The third-order valence-corrected chi connectivity index (χ3v) is 3.60. The Morgan fingerprint density at radius 2 is 1.62 bits per heavy atom. The van der Waals surface area contributed by atoms with Crippen molar-refractivity contribution in [2.24, 2.45) is 0 Å². The van der Waals surface area contributed by atoms with Gasteiger partial charge in [0.1, 0.15) is 0 Å². The molecule has 0 aliphatic carbocycles. The maximum absolute atomic E-state index is 12.0. The summed E-state index contributed by atoms with van der Waals surface area (Å²) < 4.78 is 5.50. The lowest BCUT2D eigenvalue weighted by atomic mass is 9.94. The summed E-state index contributed by atoms with van der Waals surface area (Å²) in [6.07, 6.45) is 3.33. The van der Waals surface area contributed by atoms with Gasteiger partial charge in [0, 0.05) is 5.92 Å². The smallest absolute Gasteiger partial charge is 0.338 e. The van der Waals surface area contributed by atoms with Crippen LogP contribution in [-0.4, -0.2) is 12.6 Å². The molecule has 2 heteroatoms. The zero-order chi connectivity index (χ0) is 14.9. The van der Waals surface area contributed by atoms with E-state index in [1.807, 2.05) is 36.4 Å². The van der Waals surface area contributed by atoms with E-state index in [0.717, 1.165) is 19.3 Å². The topological polar surface area (TPSA) is 26.3 Å². The molecule has 0 radical (unpaired) electrons. The lowest BCUT2D eigenvalue weighted by Crippen LogP contribution is -2.13. The summed E-state index contributed by atoms with van der Waals surface area (Å²) in [4.78, 5) is 12.0. The summed E-state index contributed by atoms with van der Waals surface area (Å²) >= 11 is 0. The molecule has 1 atom stereocenters. The van der Waals surface area contributed by atoms with Gasteiger partial charge in [-0.3, -0.25) is 0 Å². The van der Waals surface area contributed by atoms with Gasteiger partial charge in [-0.1, -0.05) is 68.3 Å². The number of carbonyl (C=O) groups excluding carboxylic acids is 1. The minimum absolute atomic E-state index is 0.243. The van der Waals surface area contributed by atoms with Crippen LogP contribution in [0.2, 0.25) is 0 Å². The summed E-state index contributed by atoms with van der Waals surface area (Å²) in [6, 6.07) is 19.5. The van der Waals surface area contributed by atoms with Crippen LogP contribution >= 0.6 is 0 Å². The highest BCUT2D eigenvalue weighted by Crippen LogP contribution is 2.22. The van der Waals surface area contributed by atoms with E-state index in [2.05, 4.69) is 19.1 Å². The second-order valence-electron chi connectivity index (χ2n) is 5.21. The molecular formula is C19H22O2. The molecule has 0 spiro atoms. The van der Waals surface area contributed by atoms with Crippen molar-refractivity contribution >= 4 is 5.97 Å². The molecule has 0 aliphatic heterocycles. The van der Waals surface area contributed by atoms with Crippen LogP contribution in [0.3, 0.4) is 0 Å². The molecule has 2 aromatic carbocycles. The molecule has 0 aliphatic rings. The van der Waals surface area contributed by atoms with Crippen LogP contribution in [0.4, 0.5) is 0 Å². The summed E-state index contributed by atoms with van der Waals surface area (Å²) in [5, 5.41) is 0. The molecule has 2 rings (SSSR count). The molecule has 0 saturated carbocycles. The van der Waals surface area contributed by atoms with Gasteiger partial charge < -0.3 is 4.74 Å². The fourth-order valence-electron chi connectivity index (χ4n) is 2.36. The molecule has 21 heavy (non-hydrogen) atoms. The Balaban J connectivity index is 1.97. The van der Waals surface area contributed by atoms with E-state index in [0.29, 0.717) is 12.2 Å². The Kier molecular flexibility index (Phi) is 6.01. The van der Waals surface area contributed by atoms with Crippen molar-refractivity contribution in [1.82, 2.24) is 0 Å². The normalized spacial score (nSPS) is 11.9. The van der Waals surface area contributed by atoms with Crippen LogP contribution in [0.25, 0.3) is 0 Å². The summed E-state index contributed by atoms with van der Waals surface area (Å²) in [5.74, 6) is 0.0341. The van der Waals surface area contributed by atoms with Crippen molar-refractivity contribution in [2.45, 2.75) is 32.1 Å². The van der Waals surface area contributed by atoms with Gasteiger partial charge in [0.25, 0.3) is 0 Å². The maximum Gasteiger partial charge on any atom is 0.338 e. The molecule has 0 heterocycles. The van der Waals surface area contributed by atoms with Crippen LogP contribution in [0, 0.1) is 0 Å². The first-order valence-electron chi connectivity index (χ1n) is 7.58. The third kappa shape index (κ3) is 4.75. The molecule has 0 aromatic heterocycles. The van der Waals surface area contributed by atoms with Crippen LogP contribution in [0.15, 0.2) is 60.7 Å². The number of carbonyl (C=O) groups is 1. The lowest BCUT2D eigenvalue weighted by molar-refractivity contribution is 0.0474. The van der Waals surface area contributed by atoms with Gasteiger partial charge >= 0.3 is 5.97 Å². The summed E-state index contributed by atoms with van der Waals surface area (Å²) in [6.45, 7) is 2.62. The van der Waals surface area contributed by atoms with E-state index in [9.17, 15) is 4.79 Å². The first kappa shape index (κ1) is 15.3. The maximum atomic E-state index is 12.0. The van der Waals surface area contributed by atoms with E-state index < -0.39 is 0 Å². The Bertz CT molecular complexity index is 534. The number of rotatable bonds is 7. The van der Waals surface area contributed by atoms with Crippen molar-refractivity contribution in [3.8, 4) is 0 Å². The highest BCUT2D eigenvalue weighted by atomic mass is 16.5. The quantitative estimate of drug-likeness (QED) is 0.681. The van der Waals surface area contributed by atoms with Gasteiger partial charge in [-0.25, -0.2) is 4.79 Å². The van der Waals surface area contributed by atoms with Crippen molar-refractivity contribution in [1.29, 1.82) is 0 Å². The van der Waals surface area contributed by atoms with Crippen LogP contribution in [-0.2, 0) is 4.74 Å². The third-order valence-electron chi connectivity index (χ3n) is 3.60. The van der Waals surface area contributed by atoms with E-state index in [4.69, 9.17) is 4.74 Å². The van der Waals surface area contributed by atoms with Crippen molar-refractivity contribution in [3.63, 3.8) is 0 Å². The minimum atomic E-state index is -0.243. The summed E-state index contributed by atoms with van der Waals surface area (Å²) in [7, 11) is 0. The van der Waals surface area contributed by atoms with Gasteiger partial charge in [-0.05, 0) is 24.1 Å². The highest BCUT2D eigenvalue weighted by Gasteiger charge is 2.14. The molecule has 0 saturated heterocycles. The van der Waals surface area contributed by atoms with Crippen molar-refractivity contribution in [3.05, 3.63) is 71.8 Å². The number of benzene rings is 2. The molecule has 1 unspecified atom stereocenters. The number of hydrogen-bond acceptors (Lipinski definition) is 2. The Hall–Kier alpha value is -2.09. The molecule has 2 aromatic rings. The monoisotopic (exact) mass is 282 g/mol. The van der Waals surface area contributed by atoms with Crippen LogP contribution in [0.1, 0.15) is 48.0 Å². The largest absolute Gasteiger partial charge is 0.461 e. The zero-order valence-electron chi connectivity index (χ0n) is 12.5. The molecule has 0 amide bonds. The fourth-order valence-corrected chi connectivity index (χ4v) is 2.36. The average Bonchev–Trinajstić information content (AvgIpc) is 2.56. The van der Waals surface area contributed by atoms with E-state index in [1.54, 1.807) is 12.1 Å². The van der Waals surface area contributed by atoms with Gasteiger partial charge in [0.05, 0.1) is 12.2 Å². The first-order chi connectivity index (χ1) is 10.3. The van der Waals surface area contributed by atoms with E-state index in [-0.39, 0.29) is 11.9 Å². The molecular weight excluding hydrogens is 260 g/mol. The van der Waals surface area contributed by atoms with E-state index in [1.165, 1.54) is 5.56 Å². The van der Waals surface area contributed by atoms with Crippen LogP contribution < -0.4 is 0 Å². The van der Waals surface area contributed by atoms with Crippen molar-refractivity contribution < 1.29 is 9.53 Å². The standard InChI is InChI=1S/C19H22O2/c1-2-3-10-18(16-11-6-4-7-12-16)15-21-19(20)17-13-8-5-9-14-17/h4-9,11-14,18H,2-3,10,15H2,1H3. The Morgan fingerprint density at radius 1 is 1.00 bits per heavy atom. The highest BCUT2D eigenvalue weighted by molar-refractivity contribution is 5.89. The second kappa shape index (κ2) is 8.25. The fraction of sp³-hybridized carbons (Fsp3) is 0.316. The van der Waals surface area contributed by atoms with Crippen LogP contribution in [0.5, 0.6) is 0 Å². The predicted octanol–water partition coefficient (Wildman–Crippen LogP) is 4.82. The molecule has 0 N–H and O–H groups in total. The van der Waals surface area contributed by atoms with Gasteiger partial charge in [0.15, 0.2) is 0 Å². The predicted molar refractivity (Wildman–Crippen MR) is 85.4 cm³/mol. The van der Waals surface area contributed by atoms with Crippen molar-refractivity contribution in [2.75, 3.05) is 6.61 Å². The molecule has 0 fully saturated rings. The molecule has 110 valence electrons. The first-order valence-corrected chi connectivity index (χ1v) is 7.58. The number of esters is 1. The van der Waals surface area contributed by atoms with Gasteiger partial charge in [-0.15, -0.1) is 0 Å². The van der Waals surface area contributed by atoms with Gasteiger partial charge in [0.2, 0.25) is 0 Å². The summed E-state index contributed by atoms with van der Waals surface area (Å²) in [5.41, 5.74) is 1.85. The molecule has 0 bridgehead atoms. The average molecular weight is 282 g/mol. The van der Waals surface area contributed by atoms with Gasteiger partial charge in [-0.2, -0.15) is 0 Å². The minimum Gasteiger partial charge on any atom is -0.461 e. The zero-order valence-corrected chi connectivity index (χ0v) is 12.5. The number of hydrogen-bond donors (Lipinski definition) is 0. The molecule has 2 nitrogen and oxygen atoms in total. The van der Waals surface area contributed by atoms with E-state index >= 15 is 0 Å². The number of unbranched alkanes of at least 4 members (excludes halogenated alkanes) is 1. The Morgan fingerprint density at radius 3 is 2.24 bits per heavy atom. The second-order valence-corrected chi connectivity index (χ2v) is 5.21. The SMILES string of the molecule is CCCCC(COC(=O)c1ccccc1)c1ccccc1. The Labute approximate surface area is 126 Å². The lowest BCUT2D eigenvalue weighted by Gasteiger charge is -2.17. The number of ether oxygens (including phenoxy) is 1.